The van der Waals surface area contributed by atoms with Crippen molar-refractivity contribution in [1.82, 2.24) is 0 Å². The summed E-state index contributed by atoms with van der Waals surface area (Å²) in [5.74, 6) is 1.11. The van der Waals surface area contributed by atoms with Gasteiger partial charge in [-0.25, -0.2) is 0 Å². The van der Waals surface area contributed by atoms with Crippen LogP contribution in [0.5, 0.6) is 11.5 Å². The molecule has 0 aliphatic heterocycles. The van der Waals surface area contributed by atoms with Crippen LogP contribution < -0.4 is 4.74 Å². The second kappa shape index (κ2) is 8.91. The third-order valence-electron chi connectivity index (χ3n) is 4.41. The summed E-state index contributed by atoms with van der Waals surface area (Å²) in [4.78, 5) is 0. The van der Waals surface area contributed by atoms with Crippen LogP contribution in [0, 0.1) is 0 Å². The van der Waals surface area contributed by atoms with Crippen molar-refractivity contribution in [3.05, 3.63) is 109 Å². The average molecular weight is 356 g/mol. The summed E-state index contributed by atoms with van der Waals surface area (Å²) in [5.41, 5.74) is 5.07. The molecule has 2 heteroatoms. The minimum absolute atomic E-state index is 0.269. The fraction of sp³-hybridized carbons (Fsp3) is 0.120. The van der Waals surface area contributed by atoms with Gasteiger partial charge in [-0.1, -0.05) is 54.6 Å². The number of phenols is 1. The smallest absolute Gasteiger partial charge is 0.123 e. The van der Waals surface area contributed by atoms with Crippen molar-refractivity contribution < 1.29 is 9.84 Å². The topological polar surface area (TPSA) is 29.5 Å². The van der Waals surface area contributed by atoms with E-state index in [2.05, 4.69) is 19.2 Å². The molecule has 0 saturated carbocycles. The molecule has 0 amide bonds. The Labute approximate surface area is 161 Å². The zero-order valence-electron chi connectivity index (χ0n) is 15.4. The van der Waals surface area contributed by atoms with Gasteiger partial charge >= 0.3 is 0 Å². The van der Waals surface area contributed by atoms with Gasteiger partial charge in [-0.2, -0.15) is 0 Å². The van der Waals surface area contributed by atoms with Gasteiger partial charge in [0.25, 0.3) is 0 Å². The highest BCUT2D eigenvalue weighted by molar-refractivity contribution is 5.72. The van der Waals surface area contributed by atoms with E-state index in [1.807, 2.05) is 66.7 Å². The maximum Gasteiger partial charge on any atom is 0.123 e. The fourth-order valence-corrected chi connectivity index (χ4v) is 3.05. The highest BCUT2D eigenvalue weighted by atomic mass is 16.5. The average Bonchev–Trinajstić information content (AvgIpc) is 2.70. The first kappa shape index (κ1) is 18.5. The van der Waals surface area contributed by atoms with Gasteiger partial charge in [0.1, 0.15) is 18.1 Å². The minimum Gasteiger partial charge on any atom is -0.507 e. The molecule has 0 atom stereocenters. The van der Waals surface area contributed by atoms with E-state index < -0.39 is 0 Å². The number of hydrogen-bond donors (Lipinski definition) is 1. The van der Waals surface area contributed by atoms with Gasteiger partial charge in [0.05, 0.1) is 0 Å². The minimum atomic E-state index is 0.269. The number of aromatic hydroxyl groups is 1. The SMILES string of the molecule is C=CCc1ccc(O)c(-c2ccc(OCc3ccccc3)c(CC=C)c2)c1. The van der Waals surface area contributed by atoms with Gasteiger partial charge in [0.15, 0.2) is 0 Å². The van der Waals surface area contributed by atoms with E-state index in [4.69, 9.17) is 4.74 Å². The zero-order valence-corrected chi connectivity index (χ0v) is 15.4. The highest BCUT2D eigenvalue weighted by Gasteiger charge is 2.10. The monoisotopic (exact) mass is 356 g/mol. The van der Waals surface area contributed by atoms with Gasteiger partial charge in [-0.15, -0.1) is 13.2 Å². The van der Waals surface area contributed by atoms with E-state index in [9.17, 15) is 5.11 Å². The lowest BCUT2D eigenvalue weighted by atomic mass is 9.97. The van der Waals surface area contributed by atoms with E-state index in [-0.39, 0.29) is 5.75 Å². The normalized spacial score (nSPS) is 10.4. The molecule has 0 unspecified atom stereocenters. The van der Waals surface area contributed by atoms with Gasteiger partial charge in [-0.05, 0) is 59.4 Å². The van der Waals surface area contributed by atoms with Crippen molar-refractivity contribution in [2.75, 3.05) is 0 Å². The predicted molar refractivity (Wildman–Crippen MR) is 112 cm³/mol. The summed E-state index contributed by atoms with van der Waals surface area (Å²) < 4.78 is 6.04. The third-order valence-corrected chi connectivity index (χ3v) is 4.41. The lowest BCUT2D eigenvalue weighted by molar-refractivity contribution is 0.303. The van der Waals surface area contributed by atoms with E-state index >= 15 is 0 Å². The maximum absolute atomic E-state index is 10.3. The number of hydrogen-bond acceptors (Lipinski definition) is 2. The first-order valence-electron chi connectivity index (χ1n) is 9.05. The number of benzene rings is 3. The fourth-order valence-electron chi connectivity index (χ4n) is 3.05. The number of rotatable bonds is 8. The first-order valence-corrected chi connectivity index (χ1v) is 9.05. The van der Waals surface area contributed by atoms with Gasteiger partial charge in [-0.3, -0.25) is 0 Å². The summed E-state index contributed by atoms with van der Waals surface area (Å²) >= 11 is 0. The molecule has 0 aliphatic carbocycles. The van der Waals surface area contributed by atoms with Gasteiger partial charge in [0, 0.05) is 5.56 Å². The summed E-state index contributed by atoms with van der Waals surface area (Å²) in [7, 11) is 0. The van der Waals surface area contributed by atoms with Crippen LogP contribution in [-0.2, 0) is 19.4 Å². The van der Waals surface area contributed by atoms with Crippen molar-refractivity contribution >= 4 is 0 Å². The van der Waals surface area contributed by atoms with Crippen molar-refractivity contribution in [3.63, 3.8) is 0 Å². The molecular formula is C25H24O2. The summed E-state index contributed by atoms with van der Waals surface area (Å²) in [5, 5.41) is 10.3. The van der Waals surface area contributed by atoms with Crippen LogP contribution in [-0.4, -0.2) is 5.11 Å². The summed E-state index contributed by atoms with van der Waals surface area (Å²) in [6, 6.07) is 21.8. The summed E-state index contributed by atoms with van der Waals surface area (Å²) in [6.07, 6.45) is 5.19. The van der Waals surface area contributed by atoms with E-state index in [0.29, 0.717) is 13.0 Å². The van der Waals surface area contributed by atoms with Crippen LogP contribution in [0.2, 0.25) is 0 Å². The third kappa shape index (κ3) is 4.68. The van der Waals surface area contributed by atoms with Crippen molar-refractivity contribution in [3.8, 4) is 22.6 Å². The molecule has 0 spiro atoms. The molecular weight excluding hydrogens is 332 g/mol. The molecule has 3 aromatic carbocycles. The molecule has 0 heterocycles. The Bertz CT molecular complexity index is 926. The lowest BCUT2D eigenvalue weighted by Crippen LogP contribution is -1.99. The second-order valence-electron chi connectivity index (χ2n) is 6.43. The molecule has 2 nitrogen and oxygen atoms in total. The van der Waals surface area contributed by atoms with Crippen LogP contribution in [0.3, 0.4) is 0 Å². The highest BCUT2D eigenvalue weighted by Crippen LogP contribution is 2.34. The standard InChI is InChI=1S/C25H24O2/c1-3-8-19-12-14-24(26)23(16-19)21-13-15-25(22(17-21)9-4-2)27-18-20-10-6-5-7-11-20/h3-7,10-17,26H,1-2,8-9,18H2. The Morgan fingerprint density at radius 2 is 1.59 bits per heavy atom. The quantitative estimate of drug-likeness (QED) is 0.495. The Morgan fingerprint density at radius 1 is 0.815 bits per heavy atom. The van der Waals surface area contributed by atoms with Crippen LogP contribution >= 0.6 is 0 Å². The molecule has 3 aromatic rings. The molecule has 0 fully saturated rings. The van der Waals surface area contributed by atoms with Crippen LogP contribution in [0.15, 0.2) is 92.0 Å². The zero-order chi connectivity index (χ0) is 19.1. The Balaban J connectivity index is 1.90. The molecule has 0 radical (unpaired) electrons. The van der Waals surface area contributed by atoms with E-state index in [1.165, 1.54) is 0 Å². The second-order valence-corrected chi connectivity index (χ2v) is 6.43. The van der Waals surface area contributed by atoms with Crippen LogP contribution in [0.4, 0.5) is 0 Å². The van der Waals surface area contributed by atoms with Gasteiger partial charge in [0.2, 0.25) is 0 Å². The molecule has 27 heavy (non-hydrogen) atoms. The molecule has 0 saturated heterocycles. The molecule has 0 bridgehead atoms. The van der Waals surface area contributed by atoms with Crippen molar-refractivity contribution in [2.24, 2.45) is 0 Å². The largest absolute Gasteiger partial charge is 0.507 e. The molecule has 0 aromatic heterocycles. The van der Waals surface area contributed by atoms with E-state index in [1.54, 1.807) is 6.07 Å². The maximum atomic E-state index is 10.3. The Morgan fingerprint density at radius 3 is 2.33 bits per heavy atom. The number of ether oxygens (including phenoxy) is 1. The van der Waals surface area contributed by atoms with Crippen LogP contribution in [0.1, 0.15) is 16.7 Å². The Kier molecular flexibility index (Phi) is 6.11. The van der Waals surface area contributed by atoms with Crippen molar-refractivity contribution in [2.45, 2.75) is 19.4 Å². The number of allylic oxidation sites excluding steroid dienone is 2. The summed E-state index contributed by atoms with van der Waals surface area (Å²) in [6.45, 7) is 8.16. The Hall–Kier alpha value is -3.26. The number of phenolic OH excluding ortho intramolecular Hbond substituents is 1. The van der Waals surface area contributed by atoms with Gasteiger partial charge < -0.3 is 9.84 Å². The van der Waals surface area contributed by atoms with E-state index in [0.717, 1.165) is 40.0 Å². The first-order chi connectivity index (χ1) is 13.2. The van der Waals surface area contributed by atoms with Crippen LogP contribution in [0.25, 0.3) is 11.1 Å². The predicted octanol–water partition coefficient (Wildman–Crippen LogP) is 6.10. The molecule has 136 valence electrons. The molecule has 3 rings (SSSR count). The van der Waals surface area contributed by atoms with Crippen molar-refractivity contribution in [1.29, 1.82) is 0 Å². The molecule has 0 aliphatic rings. The lowest BCUT2D eigenvalue weighted by Gasteiger charge is -2.14. The molecule has 1 N–H and O–H groups in total.